The molecule has 2 aromatic carbocycles. The lowest BCUT2D eigenvalue weighted by Crippen LogP contribution is -2.48. The van der Waals surface area contributed by atoms with Gasteiger partial charge in [-0.2, -0.15) is 0 Å². The molecule has 1 aromatic heterocycles. The number of aryl methyl sites for hydroxylation is 1. The summed E-state index contributed by atoms with van der Waals surface area (Å²) in [6.07, 6.45) is 1.49. The first kappa shape index (κ1) is 21.3. The minimum Gasteiger partial charge on any atom is -0.350 e. The van der Waals surface area contributed by atoms with Crippen molar-refractivity contribution in [1.82, 2.24) is 19.8 Å². The molecule has 1 aliphatic heterocycles. The summed E-state index contributed by atoms with van der Waals surface area (Å²) >= 11 is 6.27. The molecular formula is C24H26ClN5O. The molecule has 0 aliphatic carbocycles. The Bertz CT molecular complexity index is 1040. The molecule has 4 rings (SSSR count). The molecule has 1 amide bonds. The summed E-state index contributed by atoms with van der Waals surface area (Å²) in [7, 11) is 0. The van der Waals surface area contributed by atoms with Crippen LogP contribution in [0, 0.1) is 6.92 Å². The van der Waals surface area contributed by atoms with Gasteiger partial charge >= 0.3 is 0 Å². The molecule has 0 saturated carbocycles. The van der Waals surface area contributed by atoms with Crippen LogP contribution in [0.1, 0.15) is 27.2 Å². The molecule has 6 nitrogen and oxygen atoms in total. The molecule has 1 N–H and O–H groups in total. The van der Waals surface area contributed by atoms with E-state index in [1.165, 1.54) is 17.3 Å². The highest BCUT2D eigenvalue weighted by Gasteiger charge is 2.25. The smallest absolute Gasteiger partial charge is 0.274 e. The zero-order chi connectivity index (χ0) is 21.6. The Morgan fingerprint density at radius 2 is 1.77 bits per heavy atom. The summed E-state index contributed by atoms with van der Waals surface area (Å²) in [5.41, 5.74) is 3.92. The number of nitrogens with zero attached hydrogens (tertiary/aromatic N) is 4. The fourth-order valence-corrected chi connectivity index (χ4v) is 3.88. The second kappa shape index (κ2) is 9.90. The van der Waals surface area contributed by atoms with Gasteiger partial charge in [0.05, 0.1) is 11.2 Å². The first-order valence-corrected chi connectivity index (χ1v) is 10.8. The Kier molecular flexibility index (Phi) is 6.79. The van der Waals surface area contributed by atoms with E-state index in [4.69, 9.17) is 11.6 Å². The van der Waals surface area contributed by atoms with Gasteiger partial charge in [-0.05, 0) is 18.1 Å². The van der Waals surface area contributed by atoms with Crippen molar-refractivity contribution in [3.05, 3.63) is 88.2 Å². The summed E-state index contributed by atoms with van der Waals surface area (Å²) in [6.45, 7) is 6.52. The van der Waals surface area contributed by atoms with Gasteiger partial charge in [-0.3, -0.25) is 9.69 Å². The van der Waals surface area contributed by atoms with E-state index in [-0.39, 0.29) is 16.6 Å². The minimum absolute atomic E-state index is 0.148. The number of carbonyl (C=O) groups excluding carboxylic acids is 1. The number of amides is 1. The minimum atomic E-state index is -0.148. The van der Waals surface area contributed by atoms with Gasteiger partial charge in [-0.25, -0.2) is 9.97 Å². The number of halogens is 1. The highest BCUT2D eigenvalue weighted by molar-refractivity contribution is 6.33. The van der Waals surface area contributed by atoms with Crippen molar-refractivity contribution in [2.45, 2.75) is 20.0 Å². The first-order chi connectivity index (χ1) is 15.1. The molecule has 160 valence electrons. The standard InChI is InChI=1S/C24H26ClN5O/c1-18-6-5-9-20(14-18)17-29-10-12-30(13-11-29)23(31)22-21(25)16-27-24(28-22)26-15-19-7-3-2-4-8-19/h2-9,14,16H,10-13,15,17H2,1H3,(H,26,27,28). The predicted molar refractivity (Wildman–Crippen MR) is 123 cm³/mol. The van der Waals surface area contributed by atoms with Gasteiger partial charge in [0.25, 0.3) is 5.91 Å². The van der Waals surface area contributed by atoms with Crippen LogP contribution in [0.2, 0.25) is 5.02 Å². The van der Waals surface area contributed by atoms with Crippen molar-refractivity contribution in [2.75, 3.05) is 31.5 Å². The first-order valence-electron chi connectivity index (χ1n) is 10.5. The number of hydrogen-bond donors (Lipinski definition) is 1. The largest absolute Gasteiger partial charge is 0.350 e. The number of aromatic nitrogens is 2. The third-order valence-electron chi connectivity index (χ3n) is 5.39. The van der Waals surface area contributed by atoms with Crippen LogP contribution in [-0.2, 0) is 13.1 Å². The summed E-state index contributed by atoms with van der Waals surface area (Å²) in [5.74, 6) is 0.250. The van der Waals surface area contributed by atoms with Crippen molar-refractivity contribution in [3.63, 3.8) is 0 Å². The van der Waals surface area contributed by atoms with Gasteiger partial charge in [-0.1, -0.05) is 71.8 Å². The second-order valence-corrected chi connectivity index (χ2v) is 8.19. The second-order valence-electron chi connectivity index (χ2n) is 7.79. The van der Waals surface area contributed by atoms with E-state index < -0.39 is 0 Å². The highest BCUT2D eigenvalue weighted by Crippen LogP contribution is 2.18. The zero-order valence-electron chi connectivity index (χ0n) is 17.6. The van der Waals surface area contributed by atoms with E-state index in [9.17, 15) is 4.79 Å². The summed E-state index contributed by atoms with van der Waals surface area (Å²) < 4.78 is 0. The molecule has 0 unspecified atom stereocenters. The monoisotopic (exact) mass is 435 g/mol. The maximum Gasteiger partial charge on any atom is 0.274 e. The molecule has 0 atom stereocenters. The molecule has 2 heterocycles. The van der Waals surface area contributed by atoms with E-state index in [2.05, 4.69) is 51.4 Å². The number of anilines is 1. The van der Waals surface area contributed by atoms with E-state index in [1.807, 2.05) is 35.2 Å². The van der Waals surface area contributed by atoms with Gasteiger partial charge in [0.2, 0.25) is 5.95 Å². The van der Waals surface area contributed by atoms with Crippen LogP contribution in [0.3, 0.4) is 0 Å². The molecule has 0 radical (unpaired) electrons. The number of hydrogen-bond acceptors (Lipinski definition) is 5. The van der Waals surface area contributed by atoms with E-state index >= 15 is 0 Å². The van der Waals surface area contributed by atoms with Gasteiger partial charge < -0.3 is 10.2 Å². The third-order valence-corrected chi connectivity index (χ3v) is 5.66. The Balaban J connectivity index is 1.36. The third kappa shape index (κ3) is 5.60. The average Bonchev–Trinajstić information content (AvgIpc) is 2.79. The molecule has 3 aromatic rings. The Labute approximate surface area is 187 Å². The van der Waals surface area contributed by atoms with Gasteiger partial charge in [0, 0.05) is 39.3 Å². The van der Waals surface area contributed by atoms with Crippen LogP contribution in [0.25, 0.3) is 0 Å². The van der Waals surface area contributed by atoms with Crippen molar-refractivity contribution < 1.29 is 4.79 Å². The quantitative estimate of drug-likeness (QED) is 0.633. The van der Waals surface area contributed by atoms with E-state index in [0.29, 0.717) is 25.6 Å². The van der Waals surface area contributed by atoms with Gasteiger partial charge in [-0.15, -0.1) is 0 Å². The molecule has 0 spiro atoms. The molecule has 1 aliphatic rings. The number of carbonyl (C=O) groups is 1. The van der Waals surface area contributed by atoms with E-state index in [1.54, 1.807) is 0 Å². The number of nitrogens with one attached hydrogen (secondary N) is 1. The maximum atomic E-state index is 13.1. The summed E-state index contributed by atoms with van der Waals surface area (Å²) in [6, 6.07) is 18.5. The SMILES string of the molecule is Cc1cccc(CN2CCN(C(=O)c3nc(NCc4ccccc4)ncc3Cl)CC2)c1. The lowest BCUT2D eigenvalue weighted by atomic mass is 10.1. The van der Waals surface area contributed by atoms with Crippen molar-refractivity contribution in [1.29, 1.82) is 0 Å². The zero-order valence-corrected chi connectivity index (χ0v) is 18.3. The maximum absolute atomic E-state index is 13.1. The summed E-state index contributed by atoms with van der Waals surface area (Å²) in [4.78, 5) is 25.9. The average molecular weight is 436 g/mol. The number of benzene rings is 2. The van der Waals surface area contributed by atoms with Gasteiger partial charge in [0.1, 0.15) is 0 Å². The molecular weight excluding hydrogens is 410 g/mol. The van der Waals surface area contributed by atoms with E-state index in [0.717, 1.165) is 25.2 Å². The topological polar surface area (TPSA) is 61.4 Å². The molecule has 1 fully saturated rings. The highest BCUT2D eigenvalue weighted by atomic mass is 35.5. The van der Waals surface area contributed by atoms with Crippen LogP contribution in [0.4, 0.5) is 5.95 Å². The lowest BCUT2D eigenvalue weighted by Gasteiger charge is -2.34. The lowest BCUT2D eigenvalue weighted by molar-refractivity contribution is 0.0623. The molecule has 0 bridgehead atoms. The fourth-order valence-electron chi connectivity index (χ4n) is 3.71. The summed E-state index contributed by atoms with van der Waals surface area (Å²) in [5, 5.41) is 3.44. The molecule has 7 heteroatoms. The van der Waals surface area contributed by atoms with Crippen molar-refractivity contribution in [2.24, 2.45) is 0 Å². The number of piperazine rings is 1. The molecule has 1 saturated heterocycles. The number of rotatable bonds is 6. The van der Waals surface area contributed by atoms with Crippen LogP contribution in [0.15, 0.2) is 60.8 Å². The Morgan fingerprint density at radius 3 is 2.52 bits per heavy atom. The van der Waals surface area contributed by atoms with Crippen LogP contribution < -0.4 is 5.32 Å². The fraction of sp³-hybridized carbons (Fsp3) is 0.292. The van der Waals surface area contributed by atoms with Gasteiger partial charge in [0.15, 0.2) is 5.69 Å². The van der Waals surface area contributed by atoms with Crippen LogP contribution >= 0.6 is 11.6 Å². The Morgan fingerprint density at radius 1 is 1.03 bits per heavy atom. The normalized spacial score (nSPS) is 14.5. The molecule has 31 heavy (non-hydrogen) atoms. The van der Waals surface area contributed by atoms with Crippen LogP contribution in [0.5, 0.6) is 0 Å². The Hall–Kier alpha value is -2.96. The van der Waals surface area contributed by atoms with Crippen molar-refractivity contribution >= 4 is 23.5 Å². The predicted octanol–water partition coefficient (Wildman–Crippen LogP) is 4.01. The van der Waals surface area contributed by atoms with Crippen molar-refractivity contribution in [3.8, 4) is 0 Å². The van der Waals surface area contributed by atoms with Crippen LogP contribution in [-0.4, -0.2) is 51.9 Å².